The maximum atomic E-state index is 5.64. The first kappa shape index (κ1) is 13.3. The van der Waals surface area contributed by atoms with E-state index in [1.165, 1.54) is 38.5 Å². The first-order valence-corrected chi connectivity index (χ1v) is 7.35. The summed E-state index contributed by atoms with van der Waals surface area (Å²) in [5, 5.41) is 0. The van der Waals surface area contributed by atoms with Crippen LogP contribution in [-0.2, 0) is 6.54 Å². The summed E-state index contributed by atoms with van der Waals surface area (Å²) in [6.07, 6.45) is 13.1. The lowest BCUT2D eigenvalue weighted by molar-refractivity contribution is 0.293. The third-order valence-corrected chi connectivity index (χ3v) is 3.38. The van der Waals surface area contributed by atoms with Gasteiger partial charge in [-0.05, 0) is 6.42 Å². The molecule has 1 aromatic heterocycles. The van der Waals surface area contributed by atoms with E-state index in [-0.39, 0.29) is 0 Å². The van der Waals surface area contributed by atoms with Crippen LogP contribution in [0.15, 0.2) is 12.4 Å². The van der Waals surface area contributed by atoms with Crippen molar-refractivity contribution in [1.29, 1.82) is 0 Å². The van der Waals surface area contributed by atoms with Crippen molar-refractivity contribution >= 4 is 0 Å². The minimum atomic E-state index is 0.772. The van der Waals surface area contributed by atoms with Gasteiger partial charge in [0.2, 0.25) is 0 Å². The SMILES string of the molecule is CCCCCCCCn1cc2c(c1)OCCCO2. The molecule has 3 heteroatoms. The third kappa shape index (κ3) is 3.97. The molecule has 1 aromatic rings. The number of unbranched alkanes of at least 4 members (excludes halogenated alkanes) is 5. The fourth-order valence-electron chi connectivity index (χ4n) is 2.31. The number of fused-ring (bicyclic) bond motifs is 1. The van der Waals surface area contributed by atoms with Crippen LogP contribution in [-0.4, -0.2) is 17.8 Å². The van der Waals surface area contributed by atoms with E-state index in [1.807, 2.05) is 0 Å². The van der Waals surface area contributed by atoms with Gasteiger partial charge < -0.3 is 14.0 Å². The fraction of sp³-hybridized carbons (Fsp3) is 0.733. The van der Waals surface area contributed by atoms with Gasteiger partial charge in [-0.25, -0.2) is 0 Å². The van der Waals surface area contributed by atoms with Crippen LogP contribution in [0.25, 0.3) is 0 Å². The standard InChI is InChI=1S/C15H25NO2/c1-2-3-4-5-6-7-9-16-12-14-15(13-16)18-11-8-10-17-14/h12-13H,2-11H2,1H3. The third-order valence-electron chi connectivity index (χ3n) is 3.38. The van der Waals surface area contributed by atoms with E-state index in [2.05, 4.69) is 23.9 Å². The second-order valence-corrected chi connectivity index (χ2v) is 5.04. The number of aryl methyl sites for hydroxylation is 1. The molecule has 0 saturated heterocycles. The Kier molecular flexibility index (Phi) is 5.43. The molecule has 0 N–H and O–H groups in total. The van der Waals surface area contributed by atoms with Crippen LogP contribution in [0, 0.1) is 0 Å². The lowest BCUT2D eigenvalue weighted by atomic mass is 10.1. The highest BCUT2D eigenvalue weighted by Crippen LogP contribution is 2.30. The molecule has 2 heterocycles. The lowest BCUT2D eigenvalue weighted by Gasteiger charge is -2.03. The zero-order valence-corrected chi connectivity index (χ0v) is 11.5. The van der Waals surface area contributed by atoms with Crippen molar-refractivity contribution in [2.45, 2.75) is 58.4 Å². The summed E-state index contributed by atoms with van der Waals surface area (Å²) in [4.78, 5) is 0. The van der Waals surface area contributed by atoms with Gasteiger partial charge in [0.1, 0.15) is 0 Å². The Hall–Kier alpha value is -1.12. The topological polar surface area (TPSA) is 23.4 Å². The monoisotopic (exact) mass is 251 g/mol. The van der Waals surface area contributed by atoms with Gasteiger partial charge in [-0.2, -0.15) is 0 Å². The second-order valence-electron chi connectivity index (χ2n) is 5.04. The van der Waals surface area contributed by atoms with E-state index >= 15 is 0 Å². The summed E-state index contributed by atoms with van der Waals surface area (Å²) in [7, 11) is 0. The smallest absolute Gasteiger partial charge is 0.178 e. The summed E-state index contributed by atoms with van der Waals surface area (Å²) >= 11 is 0. The number of ether oxygens (including phenoxy) is 2. The van der Waals surface area contributed by atoms with Crippen molar-refractivity contribution in [3.8, 4) is 11.5 Å². The maximum Gasteiger partial charge on any atom is 0.178 e. The Morgan fingerprint density at radius 2 is 1.56 bits per heavy atom. The van der Waals surface area contributed by atoms with Crippen LogP contribution in [0.1, 0.15) is 51.9 Å². The predicted octanol–water partition coefficient (Wildman–Crippen LogP) is 4.01. The minimum absolute atomic E-state index is 0.772. The van der Waals surface area contributed by atoms with Crippen molar-refractivity contribution in [3.63, 3.8) is 0 Å². The first-order chi connectivity index (χ1) is 8.90. The van der Waals surface area contributed by atoms with Crippen molar-refractivity contribution < 1.29 is 9.47 Å². The summed E-state index contributed by atoms with van der Waals surface area (Å²) in [5.74, 6) is 1.83. The van der Waals surface area contributed by atoms with Crippen LogP contribution >= 0.6 is 0 Å². The molecule has 0 radical (unpaired) electrons. The highest BCUT2D eigenvalue weighted by atomic mass is 16.5. The fourth-order valence-corrected chi connectivity index (χ4v) is 2.31. The molecule has 0 spiro atoms. The van der Waals surface area contributed by atoms with E-state index in [0.717, 1.165) is 37.7 Å². The second kappa shape index (κ2) is 7.34. The van der Waals surface area contributed by atoms with Gasteiger partial charge in [-0.1, -0.05) is 39.0 Å². The largest absolute Gasteiger partial charge is 0.488 e. The van der Waals surface area contributed by atoms with E-state index in [9.17, 15) is 0 Å². The van der Waals surface area contributed by atoms with E-state index in [4.69, 9.17) is 9.47 Å². The summed E-state index contributed by atoms with van der Waals surface area (Å²) in [6.45, 7) is 4.88. The number of rotatable bonds is 7. The molecule has 0 unspecified atom stereocenters. The molecule has 0 atom stereocenters. The van der Waals surface area contributed by atoms with Gasteiger partial charge >= 0.3 is 0 Å². The Morgan fingerprint density at radius 3 is 2.22 bits per heavy atom. The van der Waals surface area contributed by atoms with E-state index in [1.54, 1.807) is 0 Å². The van der Waals surface area contributed by atoms with Gasteiger partial charge in [-0.3, -0.25) is 0 Å². The molecule has 2 rings (SSSR count). The van der Waals surface area contributed by atoms with Crippen LogP contribution in [0.2, 0.25) is 0 Å². The van der Waals surface area contributed by atoms with E-state index < -0.39 is 0 Å². The molecular formula is C15H25NO2. The quantitative estimate of drug-likeness (QED) is 0.683. The maximum absolute atomic E-state index is 5.64. The number of hydrogen-bond donors (Lipinski definition) is 0. The number of aromatic nitrogens is 1. The van der Waals surface area contributed by atoms with Gasteiger partial charge in [0.05, 0.1) is 13.2 Å². The highest BCUT2D eigenvalue weighted by Gasteiger charge is 2.12. The minimum Gasteiger partial charge on any atom is -0.488 e. The average molecular weight is 251 g/mol. The Morgan fingerprint density at radius 1 is 0.944 bits per heavy atom. The normalized spacial score (nSPS) is 14.5. The molecule has 102 valence electrons. The highest BCUT2D eigenvalue weighted by molar-refractivity contribution is 5.38. The van der Waals surface area contributed by atoms with Crippen LogP contribution in [0.3, 0.4) is 0 Å². The molecule has 3 nitrogen and oxygen atoms in total. The summed E-state index contributed by atoms with van der Waals surface area (Å²) < 4.78 is 13.5. The first-order valence-electron chi connectivity index (χ1n) is 7.35. The summed E-state index contributed by atoms with van der Waals surface area (Å²) in [6, 6.07) is 0. The molecule has 18 heavy (non-hydrogen) atoms. The van der Waals surface area contributed by atoms with Gasteiger partial charge in [0, 0.05) is 25.4 Å². The zero-order valence-electron chi connectivity index (χ0n) is 11.5. The predicted molar refractivity (Wildman–Crippen MR) is 73.4 cm³/mol. The molecule has 0 amide bonds. The van der Waals surface area contributed by atoms with Crippen molar-refractivity contribution in [2.75, 3.05) is 13.2 Å². The number of nitrogens with zero attached hydrogens (tertiary/aromatic N) is 1. The van der Waals surface area contributed by atoms with Gasteiger partial charge in [-0.15, -0.1) is 0 Å². The Bertz CT molecular complexity index is 323. The zero-order chi connectivity index (χ0) is 12.6. The molecule has 1 aliphatic rings. The molecule has 0 fully saturated rings. The average Bonchev–Trinajstić information content (AvgIpc) is 2.64. The summed E-state index contributed by atoms with van der Waals surface area (Å²) in [5.41, 5.74) is 0. The Balaban J connectivity index is 1.70. The molecular weight excluding hydrogens is 226 g/mol. The Labute approximate surface area is 110 Å². The van der Waals surface area contributed by atoms with Crippen LogP contribution in [0.5, 0.6) is 11.5 Å². The van der Waals surface area contributed by atoms with Crippen LogP contribution in [0.4, 0.5) is 0 Å². The van der Waals surface area contributed by atoms with Crippen LogP contribution < -0.4 is 9.47 Å². The molecule has 1 aliphatic heterocycles. The van der Waals surface area contributed by atoms with Gasteiger partial charge in [0.25, 0.3) is 0 Å². The molecule has 0 bridgehead atoms. The number of hydrogen-bond acceptors (Lipinski definition) is 2. The van der Waals surface area contributed by atoms with Crippen molar-refractivity contribution in [1.82, 2.24) is 4.57 Å². The molecule has 0 saturated carbocycles. The lowest BCUT2D eigenvalue weighted by Crippen LogP contribution is -2.00. The van der Waals surface area contributed by atoms with Crippen molar-refractivity contribution in [2.24, 2.45) is 0 Å². The van der Waals surface area contributed by atoms with Gasteiger partial charge in [0.15, 0.2) is 11.5 Å². The molecule has 0 aliphatic carbocycles. The van der Waals surface area contributed by atoms with Crippen molar-refractivity contribution in [3.05, 3.63) is 12.4 Å². The molecule has 0 aromatic carbocycles. The van der Waals surface area contributed by atoms with E-state index in [0.29, 0.717) is 0 Å².